The first-order chi connectivity index (χ1) is 18.8. The van der Waals surface area contributed by atoms with Gasteiger partial charge in [0.05, 0.1) is 11.4 Å². The second-order valence-electron chi connectivity index (χ2n) is 9.97. The van der Waals surface area contributed by atoms with Crippen molar-refractivity contribution in [2.75, 3.05) is 36.4 Å². The molecule has 0 aromatic heterocycles. The lowest BCUT2D eigenvalue weighted by molar-refractivity contribution is -0.139. The molecule has 9 nitrogen and oxygen atoms in total. The van der Waals surface area contributed by atoms with Gasteiger partial charge in [-0.05, 0) is 50.3 Å². The number of carbonyl (C=O) groups is 2. The van der Waals surface area contributed by atoms with Crippen molar-refractivity contribution in [1.29, 1.82) is 0 Å². The number of hydrogen-bond acceptors (Lipinski definition) is 6. The Bertz CT molecular complexity index is 1230. The largest absolute Gasteiger partial charge is 0.486 e. The number of hydrogen-bond donors (Lipinski definition) is 1. The Morgan fingerprint density at radius 3 is 2.36 bits per heavy atom. The molecule has 2 amide bonds. The molecule has 0 saturated heterocycles. The smallest absolute Gasteiger partial charge is 0.244 e. The summed E-state index contributed by atoms with van der Waals surface area (Å²) in [5.41, 5.74) is 1.35. The number of rotatable bonds is 12. The van der Waals surface area contributed by atoms with E-state index in [-0.39, 0.29) is 17.7 Å². The lowest BCUT2D eigenvalue weighted by Crippen LogP contribution is -2.54. The zero-order valence-corrected chi connectivity index (χ0v) is 23.6. The second kappa shape index (κ2) is 13.2. The molecule has 1 aliphatic carbocycles. The Morgan fingerprint density at radius 2 is 1.69 bits per heavy atom. The van der Waals surface area contributed by atoms with Crippen LogP contribution in [0.25, 0.3) is 0 Å². The number of ether oxygens (including phenoxy) is 2. The van der Waals surface area contributed by atoms with Crippen molar-refractivity contribution in [2.45, 2.75) is 64.5 Å². The van der Waals surface area contributed by atoms with E-state index in [1.165, 1.54) is 0 Å². The predicted octanol–water partition coefficient (Wildman–Crippen LogP) is 3.52. The van der Waals surface area contributed by atoms with E-state index in [2.05, 4.69) is 5.32 Å². The molecule has 0 unspecified atom stereocenters. The zero-order chi connectivity index (χ0) is 27.8. The first-order valence-electron chi connectivity index (χ1n) is 13.9. The van der Waals surface area contributed by atoms with E-state index in [0.717, 1.165) is 35.6 Å². The van der Waals surface area contributed by atoms with Crippen molar-refractivity contribution in [2.24, 2.45) is 0 Å². The first-order valence-corrected chi connectivity index (χ1v) is 15.5. The molecule has 1 fully saturated rings. The van der Waals surface area contributed by atoms with Crippen LogP contribution in [0.1, 0.15) is 51.5 Å². The number of anilines is 1. The van der Waals surface area contributed by atoms with Gasteiger partial charge in [-0.25, -0.2) is 8.42 Å². The molecule has 0 radical (unpaired) electrons. The highest BCUT2D eigenvalue weighted by Gasteiger charge is 2.33. The van der Waals surface area contributed by atoms with E-state index >= 15 is 0 Å². The third kappa shape index (κ3) is 7.23. The summed E-state index contributed by atoms with van der Waals surface area (Å²) in [6.45, 7) is 4.07. The molecule has 1 atom stereocenters. The van der Waals surface area contributed by atoms with Gasteiger partial charge in [0.15, 0.2) is 11.5 Å². The van der Waals surface area contributed by atoms with E-state index in [0.29, 0.717) is 49.8 Å². The molecule has 2 aromatic rings. The Labute approximate surface area is 231 Å². The van der Waals surface area contributed by atoms with Crippen LogP contribution in [-0.2, 0) is 26.0 Å². The highest BCUT2D eigenvalue weighted by Crippen LogP contribution is 2.35. The molecular weight excluding hydrogens is 518 g/mol. The Hall–Kier alpha value is -3.27. The molecule has 2 aromatic carbocycles. The highest BCUT2D eigenvalue weighted by atomic mass is 32.2. The van der Waals surface area contributed by atoms with E-state index in [4.69, 9.17) is 9.47 Å². The van der Waals surface area contributed by atoms with Crippen molar-refractivity contribution in [3.63, 3.8) is 0 Å². The molecule has 4 rings (SSSR count). The van der Waals surface area contributed by atoms with Crippen LogP contribution < -0.4 is 19.1 Å². The van der Waals surface area contributed by atoms with Gasteiger partial charge in [0.25, 0.3) is 0 Å². The molecule has 1 aliphatic heterocycles. The van der Waals surface area contributed by atoms with Crippen molar-refractivity contribution >= 4 is 27.5 Å². The molecule has 10 heteroatoms. The first kappa shape index (κ1) is 28.7. The van der Waals surface area contributed by atoms with Crippen molar-refractivity contribution in [3.05, 3.63) is 54.1 Å². The number of amides is 2. The molecule has 0 spiro atoms. The molecule has 0 bridgehead atoms. The van der Waals surface area contributed by atoms with Crippen LogP contribution in [-0.4, -0.2) is 69.3 Å². The van der Waals surface area contributed by atoms with Gasteiger partial charge < -0.3 is 19.7 Å². The average Bonchev–Trinajstić information content (AvgIpc) is 3.47. The topological polar surface area (TPSA) is 105 Å². The number of sulfonamides is 1. The normalized spacial score (nSPS) is 15.9. The van der Waals surface area contributed by atoms with Gasteiger partial charge in [-0.1, -0.05) is 50.1 Å². The van der Waals surface area contributed by atoms with Gasteiger partial charge in [-0.15, -0.1) is 0 Å². The van der Waals surface area contributed by atoms with E-state index < -0.39 is 28.5 Å². The summed E-state index contributed by atoms with van der Waals surface area (Å²) in [5.74, 6) is 0.175. The van der Waals surface area contributed by atoms with Gasteiger partial charge in [0.1, 0.15) is 25.8 Å². The summed E-state index contributed by atoms with van der Waals surface area (Å²) >= 11 is 0. The Morgan fingerprint density at radius 1 is 1.00 bits per heavy atom. The fourth-order valence-electron chi connectivity index (χ4n) is 5.17. The fourth-order valence-corrected chi connectivity index (χ4v) is 6.22. The summed E-state index contributed by atoms with van der Waals surface area (Å²) in [6, 6.07) is 14.0. The molecule has 1 saturated carbocycles. The predicted molar refractivity (Wildman–Crippen MR) is 151 cm³/mol. The minimum absolute atomic E-state index is 0.118. The second-order valence-corrected chi connectivity index (χ2v) is 12.2. The minimum atomic E-state index is -3.82. The number of fused-ring (bicyclic) bond motifs is 1. The van der Waals surface area contributed by atoms with E-state index in [1.807, 2.05) is 37.3 Å². The summed E-state index contributed by atoms with van der Waals surface area (Å²) in [6.07, 6.45) is 5.00. The van der Waals surface area contributed by atoms with Gasteiger partial charge in [-0.3, -0.25) is 13.9 Å². The van der Waals surface area contributed by atoms with Gasteiger partial charge >= 0.3 is 0 Å². The third-order valence-corrected chi connectivity index (χ3v) is 9.11. The lowest BCUT2D eigenvalue weighted by atomic mass is 10.1. The van der Waals surface area contributed by atoms with Gasteiger partial charge in [0, 0.05) is 18.7 Å². The minimum Gasteiger partial charge on any atom is -0.486 e. The van der Waals surface area contributed by atoms with Crippen LogP contribution in [0.3, 0.4) is 0 Å². The Kier molecular flexibility index (Phi) is 9.72. The number of nitrogens with one attached hydrogen (secondary N) is 1. The van der Waals surface area contributed by atoms with Crippen LogP contribution in [0.4, 0.5) is 5.69 Å². The van der Waals surface area contributed by atoms with Gasteiger partial charge in [0.2, 0.25) is 21.8 Å². The maximum absolute atomic E-state index is 13.9. The quantitative estimate of drug-likeness (QED) is 0.428. The molecular formula is C29H39N3O6S. The van der Waals surface area contributed by atoms with Gasteiger partial charge in [-0.2, -0.15) is 0 Å². The van der Waals surface area contributed by atoms with Crippen molar-refractivity contribution < 1.29 is 27.5 Å². The summed E-state index contributed by atoms with van der Waals surface area (Å²) in [7, 11) is -3.82. The third-order valence-electron chi connectivity index (χ3n) is 7.36. The molecule has 1 N–H and O–H groups in total. The van der Waals surface area contributed by atoms with Crippen LogP contribution in [0, 0.1) is 0 Å². The lowest BCUT2D eigenvalue weighted by Gasteiger charge is -2.34. The zero-order valence-electron chi connectivity index (χ0n) is 22.8. The summed E-state index contributed by atoms with van der Waals surface area (Å²) in [4.78, 5) is 28.9. The van der Waals surface area contributed by atoms with Crippen LogP contribution in [0.15, 0.2) is 48.5 Å². The molecule has 212 valence electrons. The van der Waals surface area contributed by atoms with Crippen LogP contribution in [0.5, 0.6) is 11.5 Å². The van der Waals surface area contributed by atoms with Crippen molar-refractivity contribution in [1.82, 2.24) is 10.2 Å². The summed E-state index contributed by atoms with van der Waals surface area (Å²) < 4.78 is 38.8. The maximum atomic E-state index is 13.9. The highest BCUT2D eigenvalue weighted by molar-refractivity contribution is 7.92. The SMILES string of the molecule is CC[C@@H](C(=O)NC1CCCC1)N(CCc1ccccc1)C(=O)CN(c1ccc2c(c1)OCCO2)S(=O)(=O)CC. The molecule has 1 heterocycles. The van der Waals surface area contributed by atoms with Crippen LogP contribution in [0.2, 0.25) is 0 Å². The fraction of sp³-hybridized carbons (Fsp3) is 0.517. The number of nitrogens with zero attached hydrogens (tertiary/aromatic N) is 2. The van der Waals surface area contributed by atoms with E-state index in [9.17, 15) is 18.0 Å². The molecule has 2 aliphatic rings. The molecule has 39 heavy (non-hydrogen) atoms. The number of carbonyl (C=O) groups excluding carboxylic acids is 2. The average molecular weight is 558 g/mol. The van der Waals surface area contributed by atoms with E-state index in [1.54, 1.807) is 30.0 Å². The van der Waals surface area contributed by atoms with Crippen LogP contribution >= 0.6 is 0 Å². The standard InChI is InChI=1S/C29H39N3O6S/c1-3-25(29(34)30-23-12-8-9-13-23)31(17-16-22-10-6-5-7-11-22)28(33)21-32(39(35,36)4-2)24-14-15-26-27(20-24)38-19-18-37-26/h5-7,10-11,14-15,20,23,25H,3-4,8-9,12-13,16-19,21H2,1-2H3,(H,30,34)/t25-/m0/s1. The maximum Gasteiger partial charge on any atom is 0.244 e. The monoisotopic (exact) mass is 557 g/mol. The summed E-state index contributed by atoms with van der Waals surface area (Å²) in [5, 5.41) is 3.13. The van der Waals surface area contributed by atoms with Crippen molar-refractivity contribution in [3.8, 4) is 11.5 Å². The number of benzene rings is 2. The Balaban J connectivity index is 1.61.